The fourth-order valence-corrected chi connectivity index (χ4v) is 4.39. The molecule has 9 heteroatoms. The van der Waals surface area contributed by atoms with Crippen molar-refractivity contribution >= 4 is 38.9 Å². The highest BCUT2D eigenvalue weighted by Crippen LogP contribution is 2.24. The molecule has 0 unspecified atom stereocenters. The zero-order valence-electron chi connectivity index (χ0n) is 13.9. The average Bonchev–Trinajstić information content (AvgIpc) is 3.06. The van der Waals surface area contributed by atoms with Crippen molar-refractivity contribution in [3.05, 3.63) is 46.2 Å². The van der Waals surface area contributed by atoms with Crippen LogP contribution in [0.2, 0.25) is 0 Å². The Labute approximate surface area is 150 Å². The molecule has 0 spiro atoms. The van der Waals surface area contributed by atoms with Crippen LogP contribution in [0.25, 0.3) is 0 Å². The van der Waals surface area contributed by atoms with Crippen molar-refractivity contribution in [1.82, 2.24) is 5.32 Å². The van der Waals surface area contributed by atoms with Gasteiger partial charge in [-0.25, -0.2) is 13.2 Å². The van der Waals surface area contributed by atoms with Gasteiger partial charge >= 0.3 is 5.97 Å². The number of benzene rings is 1. The number of anilines is 1. The summed E-state index contributed by atoms with van der Waals surface area (Å²) < 4.78 is 32.1. The highest BCUT2D eigenvalue weighted by Gasteiger charge is 2.26. The number of ether oxygens (including phenoxy) is 1. The van der Waals surface area contributed by atoms with Gasteiger partial charge in [-0.15, -0.1) is 11.3 Å². The molecule has 0 aliphatic carbocycles. The van der Waals surface area contributed by atoms with E-state index < -0.39 is 27.9 Å². The first-order chi connectivity index (χ1) is 11.7. The molecule has 2 N–H and O–H groups in total. The Morgan fingerprint density at radius 3 is 2.40 bits per heavy atom. The van der Waals surface area contributed by atoms with E-state index in [4.69, 9.17) is 0 Å². The quantitative estimate of drug-likeness (QED) is 0.746. The molecule has 0 saturated heterocycles. The zero-order valence-corrected chi connectivity index (χ0v) is 15.5. The fourth-order valence-electron chi connectivity index (χ4n) is 2.00. The van der Waals surface area contributed by atoms with Gasteiger partial charge in [0.05, 0.1) is 7.11 Å². The Bertz CT molecular complexity index is 872. The second kappa shape index (κ2) is 7.66. The van der Waals surface area contributed by atoms with Gasteiger partial charge in [-0.05, 0) is 37.4 Å². The summed E-state index contributed by atoms with van der Waals surface area (Å²) >= 11 is 0.976. The number of sulfonamides is 1. The molecule has 1 heterocycles. The minimum absolute atomic E-state index is 0.00429. The van der Waals surface area contributed by atoms with E-state index in [9.17, 15) is 18.0 Å². The van der Waals surface area contributed by atoms with Gasteiger partial charge in [0.25, 0.3) is 15.9 Å². The van der Waals surface area contributed by atoms with Crippen LogP contribution in [-0.2, 0) is 19.6 Å². The third-order valence-corrected chi connectivity index (χ3v) is 5.80. The highest BCUT2D eigenvalue weighted by atomic mass is 32.2. The number of methoxy groups -OCH3 is 1. The molecule has 0 saturated carbocycles. The average molecular weight is 382 g/mol. The molecule has 1 amide bonds. The van der Waals surface area contributed by atoms with E-state index in [-0.39, 0.29) is 9.77 Å². The third-order valence-electron chi connectivity index (χ3n) is 3.33. The maximum absolute atomic E-state index is 12.6. The van der Waals surface area contributed by atoms with Crippen LogP contribution in [-0.4, -0.2) is 33.4 Å². The molecule has 0 bridgehead atoms. The third kappa shape index (κ3) is 4.58. The standard InChI is InChI=1S/C16H18N2O5S2/c1-10-4-6-12(7-5-10)18-25(21,22)13-8-9-24-14(13)15(19)17-11(2)16(20)23-3/h4-9,11,18H,1-3H3,(H,17,19)/t11-/m1/s1. The number of esters is 1. The van der Waals surface area contributed by atoms with Gasteiger partial charge in [0.15, 0.2) is 0 Å². The first-order valence-corrected chi connectivity index (χ1v) is 9.66. The summed E-state index contributed by atoms with van der Waals surface area (Å²) in [5.41, 5.74) is 1.39. The minimum Gasteiger partial charge on any atom is -0.467 e. The maximum Gasteiger partial charge on any atom is 0.328 e. The lowest BCUT2D eigenvalue weighted by Crippen LogP contribution is -2.39. The van der Waals surface area contributed by atoms with E-state index in [1.54, 1.807) is 24.3 Å². The maximum atomic E-state index is 12.6. The van der Waals surface area contributed by atoms with Crippen LogP contribution in [0.5, 0.6) is 0 Å². The van der Waals surface area contributed by atoms with Gasteiger partial charge in [0.2, 0.25) is 0 Å². The molecule has 2 aromatic rings. The lowest BCUT2D eigenvalue weighted by atomic mass is 10.2. The van der Waals surface area contributed by atoms with Crippen molar-refractivity contribution in [2.24, 2.45) is 0 Å². The van der Waals surface area contributed by atoms with Crippen LogP contribution in [0.1, 0.15) is 22.2 Å². The molecule has 0 fully saturated rings. The fraction of sp³-hybridized carbons (Fsp3) is 0.250. The molecular weight excluding hydrogens is 364 g/mol. The highest BCUT2D eigenvalue weighted by molar-refractivity contribution is 7.93. The van der Waals surface area contributed by atoms with Crippen molar-refractivity contribution in [3.63, 3.8) is 0 Å². The molecule has 1 atom stereocenters. The van der Waals surface area contributed by atoms with E-state index in [1.165, 1.54) is 25.5 Å². The van der Waals surface area contributed by atoms with Crippen molar-refractivity contribution in [1.29, 1.82) is 0 Å². The normalized spacial score (nSPS) is 12.3. The monoisotopic (exact) mass is 382 g/mol. The van der Waals surface area contributed by atoms with E-state index >= 15 is 0 Å². The van der Waals surface area contributed by atoms with Gasteiger partial charge < -0.3 is 10.1 Å². The molecule has 1 aromatic heterocycles. The molecular formula is C16H18N2O5S2. The van der Waals surface area contributed by atoms with Gasteiger partial charge in [-0.1, -0.05) is 17.7 Å². The van der Waals surface area contributed by atoms with Crippen LogP contribution >= 0.6 is 11.3 Å². The number of carbonyl (C=O) groups is 2. The zero-order chi connectivity index (χ0) is 18.6. The van der Waals surface area contributed by atoms with Crippen molar-refractivity contribution in [2.75, 3.05) is 11.8 Å². The van der Waals surface area contributed by atoms with Gasteiger partial charge in [0.1, 0.15) is 15.8 Å². The second-order valence-corrected chi connectivity index (χ2v) is 7.87. The van der Waals surface area contributed by atoms with Crippen LogP contribution in [0.15, 0.2) is 40.6 Å². The number of carbonyl (C=O) groups excluding carboxylic acids is 2. The Morgan fingerprint density at radius 1 is 1.16 bits per heavy atom. The molecule has 0 radical (unpaired) electrons. The molecule has 7 nitrogen and oxygen atoms in total. The summed E-state index contributed by atoms with van der Waals surface area (Å²) in [6, 6.07) is 7.28. The molecule has 1 aromatic carbocycles. The SMILES string of the molecule is COC(=O)[C@@H](C)NC(=O)c1sccc1S(=O)(=O)Nc1ccc(C)cc1. The van der Waals surface area contributed by atoms with E-state index in [1.807, 2.05) is 6.92 Å². The summed E-state index contributed by atoms with van der Waals surface area (Å²) in [6.45, 7) is 3.35. The lowest BCUT2D eigenvalue weighted by Gasteiger charge is -2.12. The summed E-state index contributed by atoms with van der Waals surface area (Å²) in [4.78, 5) is 23.6. The smallest absolute Gasteiger partial charge is 0.328 e. The van der Waals surface area contributed by atoms with E-state index in [0.29, 0.717) is 5.69 Å². The van der Waals surface area contributed by atoms with Crippen LogP contribution in [0.3, 0.4) is 0 Å². The Hall–Kier alpha value is -2.39. The summed E-state index contributed by atoms with van der Waals surface area (Å²) in [5.74, 6) is -1.27. The molecule has 0 aliphatic heterocycles. The first-order valence-electron chi connectivity index (χ1n) is 7.30. The summed E-state index contributed by atoms with van der Waals surface area (Å²) in [5, 5.41) is 3.92. The number of nitrogens with one attached hydrogen (secondary N) is 2. The number of aryl methyl sites for hydroxylation is 1. The summed E-state index contributed by atoms with van der Waals surface area (Å²) in [6.07, 6.45) is 0. The van der Waals surface area contributed by atoms with Crippen LogP contribution < -0.4 is 10.0 Å². The number of hydrogen-bond acceptors (Lipinski definition) is 6. The van der Waals surface area contributed by atoms with Crippen molar-refractivity contribution in [2.45, 2.75) is 24.8 Å². The summed E-state index contributed by atoms with van der Waals surface area (Å²) in [7, 11) is -2.73. The number of rotatable bonds is 6. The predicted octanol–water partition coefficient (Wildman–Crippen LogP) is 2.15. The van der Waals surface area contributed by atoms with Crippen molar-refractivity contribution in [3.8, 4) is 0 Å². The number of hydrogen-bond donors (Lipinski definition) is 2. The molecule has 134 valence electrons. The second-order valence-electron chi connectivity index (χ2n) is 5.30. The van der Waals surface area contributed by atoms with E-state index in [2.05, 4.69) is 14.8 Å². The topological polar surface area (TPSA) is 102 Å². The Balaban J connectivity index is 2.23. The number of thiophene rings is 1. The van der Waals surface area contributed by atoms with Crippen LogP contribution in [0.4, 0.5) is 5.69 Å². The predicted molar refractivity (Wildman–Crippen MR) is 95.3 cm³/mol. The minimum atomic E-state index is -3.94. The lowest BCUT2D eigenvalue weighted by molar-refractivity contribution is -0.142. The van der Waals surface area contributed by atoms with Crippen LogP contribution in [0, 0.1) is 6.92 Å². The first kappa shape index (κ1) is 18.9. The van der Waals surface area contributed by atoms with Gasteiger partial charge in [-0.3, -0.25) is 9.52 Å². The largest absolute Gasteiger partial charge is 0.467 e. The van der Waals surface area contributed by atoms with Gasteiger partial charge in [-0.2, -0.15) is 0 Å². The van der Waals surface area contributed by atoms with E-state index in [0.717, 1.165) is 16.9 Å². The molecule has 0 aliphatic rings. The Morgan fingerprint density at radius 2 is 1.80 bits per heavy atom. The molecule has 2 rings (SSSR count). The molecule has 25 heavy (non-hydrogen) atoms. The number of amides is 1. The van der Waals surface area contributed by atoms with Gasteiger partial charge in [0, 0.05) is 5.69 Å². The Kier molecular flexibility index (Phi) is 5.81. The van der Waals surface area contributed by atoms with Crippen molar-refractivity contribution < 1.29 is 22.7 Å².